The van der Waals surface area contributed by atoms with Crippen LogP contribution in [-0.4, -0.2) is 18.3 Å². The van der Waals surface area contributed by atoms with Gasteiger partial charge >= 0.3 is 0 Å². The van der Waals surface area contributed by atoms with E-state index in [1.54, 1.807) is 22.7 Å². The molecule has 0 spiro atoms. The third-order valence-electron chi connectivity index (χ3n) is 17.2. The first-order valence-electron chi connectivity index (χ1n) is 27.5. The van der Waals surface area contributed by atoms with Gasteiger partial charge in [-0.05, 0) is 78.6 Å². The number of fused-ring (bicyclic) bond motifs is 20. The number of aromatic nitrogens is 4. The summed E-state index contributed by atoms with van der Waals surface area (Å²) in [7, 11) is 0. The lowest BCUT2D eigenvalue weighted by Gasteiger charge is -2.27. The SMILES string of the molecule is Cc1ccc2c(c1)c1ccc3c4ccccc4sc3c1n2-c1c(-n2c3ccccc3c3ccccc32)c(C#N)c(-n2c3ccc(C(C)(C)C)cc3c3ccc4c5ccccc5sc4c32)c(C#N)c1-n1c2ccccc2c2ccccc21. The van der Waals surface area contributed by atoms with Crippen LogP contribution in [0.5, 0.6) is 0 Å². The number of nitrogens with zero attached hydrogens (tertiary/aromatic N) is 6. The Balaban J connectivity index is 1.21. The zero-order valence-corrected chi connectivity index (χ0v) is 46.3. The average Bonchev–Trinajstić information content (AvgIpc) is 2.99. The van der Waals surface area contributed by atoms with Crippen LogP contribution < -0.4 is 0 Å². The Kier molecular flexibility index (Phi) is 9.40. The topological polar surface area (TPSA) is 67.3 Å². The van der Waals surface area contributed by atoms with E-state index in [0.717, 1.165) is 119 Å². The highest BCUT2D eigenvalue weighted by Gasteiger charge is 2.36. The molecule has 8 heteroatoms. The predicted octanol–water partition coefficient (Wildman–Crippen LogP) is 20.2. The van der Waals surface area contributed by atoms with Crippen molar-refractivity contribution in [1.29, 1.82) is 10.5 Å². The maximum absolute atomic E-state index is 12.9. The summed E-state index contributed by atoms with van der Waals surface area (Å²) in [5, 5.41) is 39.0. The number of para-hydroxylation sites is 4. The maximum Gasteiger partial charge on any atom is 0.104 e. The molecule has 17 aromatic rings. The molecule has 6 heterocycles. The lowest BCUT2D eigenvalue weighted by molar-refractivity contribution is 0.591. The molecule has 0 saturated carbocycles. The number of nitriles is 2. The van der Waals surface area contributed by atoms with Crippen molar-refractivity contribution in [3.63, 3.8) is 0 Å². The number of hydrogen-bond donors (Lipinski definition) is 0. The van der Waals surface area contributed by atoms with Crippen LogP contribution in [0.1, 0.15) is 43.0 Å². The molecule has 0 amide bonds. The van der Waals surface area contributed by atoms with Gasteiger partial charge in [-0.3, -0.25) is 0 Å². The monoisotopic (exact) mass is 1070 g/mol. The Morgan fingerprint density at radius 3 is 1.15 bits per heavy atom. The molecular weight excluding hydrogens is 1020 g/mol. The Labute approximate surface area is 472 Å². The van der Waals surface area contributed by atoms with Crippen LogP contribution in [0.2, 0.25) is 0 Å². The smallest absolute Gasteiger partial charge is 0.104 e. The van der Waals surface area contributed by atoms with Gasteiger partial charge in [0.15, 0.2) is 0 Å². The quantitative estimate of drug-likeness (QED) is 0.176. The fourth-order valence-corrected chi connectivity index (χ4v) is 16.2. The van der Waals surface area contributed by atoms with Gasteiger partial charge in [-0.1, -0.05) is 172 Å². The second kappa shape index (κ2) is 16.5. The van der Waals surface area contributed by atoms with Gasteiger partial charge in [-0.15, -0.1) is 22.7 Å². The van der Waals surface area contributed by atoms with Crippen molar-refractivity contribution in [1.82, 2.24) is 18.3 Å². The second-order valence-electron chi connectivity index (χ2n) is 22.7. The minimum atomic E-state index is -0.157. The summed E-state index contributed by atoms with van der Waals surface area (Å²) in [6.07, 6.45) is 0. The summed E-state index contributed by atoms with van der Waals surface area (Å²) >= 11 is 3.57. The van der Waals surface area contributed by atoms with Crippen molar-refractivity contribution in [2.75, 3.05) is 0 Å². The van der Waals surface area contributed by atoms with Crippen LogP contribution >= 0.6 is 22.7 Å². The largest absolute Gasteiger partial charge is 0.306 e. The highest BCUT2D eigenvalue weighted by atomic mass is 32.1. The van der Waals surface area contributed by atoms with Crippen molar-refractivity contribution >= 4 is 150 Å². The van der Waals surface area contributed by atoms with Gasteiger partial charge in [-0.2, -0.15) is 10.5 Å². The molecule has 0 bridgehead atoms. The summed E-state index contributed by atoms with van der Waals surface area (Å²) < 4.78 is 14.0. The van der Waals surface area contributed by atoms with Gasteiger partial charge in [0.1, 0.15) is 23.3 Å². The average molecular weight is 1070 g/mol. The van der Waals surface area contributed by atoms with Crippen molar-refractivity contribution < 1.29 is 0 Å². The molecule has 0 atom stereocenters. The number of aryl methyl sites for hydroxylation is 1. The molecule has 17 rings (SSSR count). The third kappa shape index (κ3) is 6.13. The first-order valence-corrected chi connectivity index (χ1v) is 29.1. The van der Waals surface area contributed by atoms with Gasteiger partial charge in [0.25, 0.3) is 0 Å². The van der Waals surface area contributed by atoms with Crippen LogP contribution in [0.4, 0.5) is 0 Å². The summed E-state index contributed by atoms with van der Waals surface area (Å²) in [5.74, 6) is 0. The molecule has 0 aliphatic heterocycles. The Morgan fingerprint density at radius 1 is 0.333 bits per heavy atom. The lowest BCUT2D eigenvalue weighted by Crippen LogP contribution is -2.17. The molecule has 0 saturated heterocycles. The molecule has 0 unspecified atom stereocenters. The first-order chi connectivity index (χ1) is 39.7. The summed E-state index contributed by atoms with van der Waals surface area (Å²) in [6.45, 7) is 8.94. The molecule has 11 aromatic carbocycles. The van der Waals surface area contributed by atoms with E-state index in [2.05, 4.69) is 264 Å². The van der Waals surface area contributed by atoms with Gasteiger partial charge in [-0.25, -0.2) is 0 Å². The van der Waals surface area contributed by atoms with Gasteiger partial charge in [0, 0.05) is 74.0 Å². The van der Waals surface area contributed by atoms with Gasteiger partial charge in [0.2, 0.25) is 0 Å². The Bertz CT molecular complexity index is 5490. The lowest BCUT2D eigenvalue weighted by atomic mass is 9.86. The van der Waals surface area contributed by atoms with Gasteiger partial charge < -0.3 is 18.3 Å². The zero-order chi connectivity index (χ0) is 54.2. The minimum absolute atomic E-state index is 0.157. The highest BCUT2D eigenvalue weighted by molar-refractivity contribution is 7.27. The predicted molar refractivity (Wildman–Crippen MR) is 342 cm³/mol. The fraction of sp³-hybridized carbons (Fsp3) is 0.0685. The van der Waals surface area contributed by atoms with E-state index in [1.807, 2.05) is 0 Å². The minimum Gasteiger partial charge on any atom is -0.306 e. The van der Waals surface area contributed by atoms with Crippen molar-refractivity contribution in [2.24, 2.45) is 0 Å². The molecule has 380 valence electrons. The number of thiophene rings is 2. The third-order valence-corrected chi connectivity index (χ3v) is 19.6. The van der Waals surface area contributed by atoms with Crippen LogP contribution in [0.3, 0.4) is 0 Å². The first kappa shape index (κ1) is 46.0. The Morgan fingerprint density at radius 2 is 0.704 bits per heavy atom. The summed E-state index contributed by atoms with van der Waals surface area (Å²) in [6, 6.07) is 80.4. The van der Waals surface area contributed by atoms with Crippen LogP contribution in [0.15, 0.2) is 206 Å². The maximum atomic E-state index is 12.9. The van der Waals surface area contributed by atoms with E-state index < -0.39 is 0 Å². The van der Waals surface area contributed by atoms with Crippen LogP contribution in [0.25, 0.3) is 150 Å². The molecule has 6 aromatic heterocycles. The van der Waals surface area contributed by atoms with E-state index >= 15 is 0 Å². The van der Waals surface area contributed by atoms with Crippen molar-refractivity contribution in [3.8, 4) is 34.9 Å². The van der Waals surface area contributed by atoms with E-state index in [9.17, 15) is 10.5 Å². The summed E-state index contributed by atoms with van der Waals surface area (Å²) in [5.41, 5.74) is 13.3. The summed E-state index contributed by atoms with van der Waals surface area (Å²) in [4.78, 5) is 0. The molecular formula is C73H46N6S2. The molecule has 0 aliphatic carbocycles. The number of benzene rings is 11. The molecule has 0 N–H and O–H groups in total. The van der Waals surface area contributed by atoms with Crippen LogP contribution in [0, 0.1) is 29.6 Å². The van der Waals surface area contributed by atoms with E-state index in [1.165, 1.54) is 25.7 Å². The number of rotatable bonds is 4. The molecule has 0 fully saturated rings. The number of hydrogen-bond acceptors (Lipinski definition) is 4. The molecule has 0 aliphatic rings. The van der Waals surface area contributed by atoms with E-state index in [4.69, 9.17) is 0 Å². The highest BCUT2D eigenvalue weighted by Crippen LogP contribution is 2.52. The molecule has 0 radical (unpaired) electrons. The zero-order valence-electron chi connectivity index (χ0n) is 44.6. The van der Waals surface area contributed by atoms with Gasteiger partial charge in [0.05, 0.1) is 76.3 Å². The standard InChI is InChI=1S/C73H46N6S2/c1-41-29-35-61-53(37-41)49-31-33-52-48-22-10-16-28-64(48)81-72(52)69(49)79(61)70-66(76-57-23-11-5-17-43(57)44-18-6-12-24-58(44)76)55(39-74)65(56(40-75)67(70)77-59-25-13-7-19-45(59)46-20-8-14-26-60(46)77)78-62-36-30-42(73(2,3)4)38-54(62)50-32-34-51-47-21-9-15-27-63(47)80-71(51)68(50)78/h5-38H,1-4H3. The van der Waals surface area contributed by atoms with Crippen LogP contribution in [-0.2, 0) is 5.41 Å². The molecule has 81 heavy (non-hydrogen) atoms. The van der Waals surface area contributed by atoms with E-state index in [-0.39, 0.29) is 5.41 Å². The Hall–Kier alpha value is -9.96. The fourth-order valence-electron chi connectivity index (χ4n) is 13.7. The van der Waals surface area contributed by atoms with E-state index in [0.29, 0.717) is 28.2 Å². The normalized spacial score (nSPS) is 12.4. The molecule has 6 nitrogen and oxygen atoms in total. The second-order valence-corrected chi connectivity index (χ2v) is 24.8. The van der Waals surface area contributed by atoms with Crippen molar-refractivity contribution in [2.45, 2.75) is 33.1 Å². The van der Waals surface area contributed by atoms with Crippen molar-refractivity contribution in [3.05, 3.63) is 229 Å².